The summed E-state index contributed by atoms with van der Waals surface area (Å²) in [4.78, 5) is 18.2. The van der Waals surface area contributed by atoms with E-state index in [1.807, 2.05) is 85.8 Å². The Morgan fingerprint density at radius 3 is 2.51 bits per heavy atom. The summed E-state index contributed by atoms with van der Waals surface area (Å²) in [6.45, 7) is 3.10. The average Bonchev–Trinajstić information content (AvgIpc) is 3.22. The van der Waals surface area contributed by atoms with Crippen LogP contribution in [0.4, 0.5) is 5.82 Å². The van der Waals surface area contributed by atoms with Crippen molar-refractivity contribution in [3.8, 4) is 17.0 Å². The number of carbonyl (C=O) groups is 1. The number of para-hydroxylation sites is 1. The lowest BCUT2D eigenvalue weighted by Crippen LogP contribution is -2.14. The Kier molecular flexibility index (Phi) is 6.46. The fourth-order valence-electron chi connectivity index (χ4n) is 3.91. The van der Waals surface area contributed by atoms with Crippen molar-refractivity contribution in [3.63, 3.8) is 0 Å². The van der Waals surface area contributed by atoms with E-state index >= 15 is 0 Å². The summed E-state index contributed by atoms with van der Waals surface area (Å²) in [7, 11) is 0. The van der Waals surface area contributed by atoms with Gasteiger partial charge in [-0.05, 0) is 48.9 Å². The predicted octanol–water partition coefficient (Wildman–Crippen LogP) is 6.45. The second-order valence-electron chi connectivity index (χ2n) is 7.99. The minimum atomic E-state index is -0.303. The molecule has 174 valence electrons. The van der Waals surface area contributed by atoms with Crippen molar-refractivity contribution in [2.24, 2.45) is 0 Å². The maximum absolute atomic E-state index is 13.4. The molecule has 0 fully saturated rings. The molecule has 0 unspecified atom stereocenters. The molecule has 6 nitrogen and oxygen atoms in total. The zero-order valence-electron chi connectivity index (χ0n) is 19.1. The van der Waals surface area contributed by atoms with E-state index in [1.165, 1.54) is 0 Å². The van der Waals surface area contributed by atoms with E-state index in [2.05, 4.69) is 10.4 Å². The summed E-state index contributed by atoms with van der Waals surface area (Å²) in [5.74, 6) is 0.800. The van der Waals surface area contributed by atoms with Gasteiger partial charge in [-0.15, -0.1) is 0 Å². The first kappa shape index (κ1) is 22.6. The van der Waals surface area contributed by atoms with Gasteiger partial charge in [-0.3, -0.25) is 9.48 Å². The molecule has 0 bridgehead atoms. The molecular formula is C28H23ClN4O2. The number of fused-ring (bicyclic) bond motifs is 1. The summed E-state index contributed by atoms with van der Waals surface area (Å²) >= 11 is 6.41. The van der Waals surface area contributed by atoms with Gasteiger partial charge in [0.25, 0.3) is 5.91 Å². The van der Waals surface area contributed by atoms with Crippen LogP contribution in [0.5, 0.6) is 5.75 Å². The van der Waals surface area contributed by atoms with Crippen LogP contribution >= 0.6 is 11.6 Å². The number of benzene rings is 3. The lowest BCUT2D eigenvalue weighted by atomic mass is 10.0. The van der Waals surface area contributed by atoms with Crippen LogP contribution in [0.15, 0.2) is 91.1 Å². The fourth-order valence-corrected chi connectivity index (χ4v) is 4.11. The minimum Gasteiger partial charge on any atom is -0.494 e. The van der Waals surface area contributed by atoms with E-state index < -0.39 is 0 Å². The Hall–Kier alpha value is -4.16. The highest BCUT2D eigenvalue weighted by Crippen LogP contribution is 2.28. The SMILES string of the molecule is CCOc1ccc(-c2cc(C(=O)Nc3nn(Cc4ccccc4)cc3Cl)c3ccccc3n2)cc1. The van der Waals surface area contributed by atoms with E-state index in [4.69, 9.17) is 21.3 Å². The number of hydrogen-bond acceptors (Lipinski definition) is 4. The van der Waals surface area contributed by atoms with Gasteiger partial charge in [0.05, 0.1) is 29.9 Å². The molecule has 1 amide bonds. The van der Waals surface area contributed by atoms with Crippen LogP contribution in [0.3, 0.4) is 0 Å². The number of ether oxygens (including phenoxy) is 1. The van der Waals surface area contributed by atoms with Crippen molar-refractivity contribution in [3.05, 3.63) is 107 Å². The Labute approximate surface area is 208 Å². The van der Waals surface area contributed by atoms with E-state index in [0.29, 0.717) is 35.2 Å². The smallest absolute Gasteiger partial charge is 0.257 e. The maximum Gasteiger partial charge on any atom is 0.257 e. The van der Waals surface area contributed by atoms with Crippen molar-refractivity contribution in [1.29, 1.82) is 0 Å². The molecule has 2 aromatic heterocycles. The molecule has 0 aliphatic rings. The number of pyridine rings is 1. The van der Waals surface area contributed by atoms with Gasteiger partial charge in [-0.1, -0.05) is 60.1 Å². The monoisotopic (exact) mass is 482 g/mol. The minimum absolute atomic E-state index is 0.303. The van der Waals surface area contributed by atoms with Crippen LogP contribution in [0.25, 0.3) is 22.2 Å². The molecule has 0 aliphatic heterocycles. The molecule has 5 aromatic rings. The van der Waals surface area contributed by atoms with E-state index in [1.54, 1.807) is 16.9 Å². The lowest BCUT2D eigenvalue weighted by Gasteiger charge is -2.10. The third-order valence-electron chi connectivity index (χ3n) is 5.56. The van der Waals surface area contributed by atoms with Crippen LogP contribution in [0.2, 0.25) is 5.02 Å². The molecule has 1 N–H and O–H groups in total. The van der Waals surface area contributed by atoms with Crippen LogP contribution in [-0.4, -0.2) is 27.3 Å². The first-order valence-electron chi connectivity index (χ1n) is 11.3. The zero-order valence-corrected chi connectivity index (χ0v) is 19.9. The number of anilines is 1. The van der Waals surface area contributed by atoms with Gasteiger partial charge in [0.2, 0.25) is 0 Å². The third kappa shape index (κ3) is 5.03. The first-order chi connectivity index (χ1) is 17.1. The van der Waals surface area contributed by atoms with Gasteiger partial charge in [0.15, 0.2) is 5.82 Å². The highest BCUT2D eigenvalue weighted by Gasteiger charge is 2.17. The van der Waals surface area contributed by atoms with E-state index in [-0.39, 0.29) is 5.91 Å². The lowest BCUT2D eigenvalue weighted by molar-refractivity contribution is 0.102. The summed E-state index contributed by atoms with van der Waals surface area (Å²) in [5, 5.41) is 8.48. The Balaban J connectivity index is 1.45. The highest BCUT2D eigenvalue weighted by atomic mass is 35.5. The zero-order chi connectivity index (χ0) is 24.2. The standard InChI is InChI=1S/C28H23ClN4O2/c1-2-35-21-14-12-20(13-15-21)26-16-23(22-10-6-7-11-25(22)30-26)28(34)31-27-24(29)18-33(32-27)17-19-8-4-3-5-9-19/h3-16,18H,2,17H2,1H3,(H,31,32,34). The summed E-state index contributed by atoms with van der Waals surface area (Å²) in [6.07, 6.45) is 1.71. The average molecular weight is 483 g/mol. The number of nitrogens with zero attached hydrogens (tertiary/aromatic N) is 3. The molecule has 0 spiro atoms. The van der Waals surface area contributed by atoms with Crippen molar-refractivity contribution in [2.45, 2.75) is 13.5 Å². The van der Waals surface area contributed by atoms with Gasteiger partial charge >= 0.3 is 0 Å². The Morgan fingerprint density at radius 1 is 1.00 bits per heavy atom. The molecule has 7 heteroatoms. The molecule has 0 saturated carbocycles. The van der Waals surface area contributed by atoms with Gasteiger partial charge < -0.3 is 10.1 Å². The van der Waals surface area contributed by atoms with Crippen molar-refractivity contribution >= 4 is 34.2 Å². The Bertz CT molecular complexity index is 1480. The molecule has 5 rings (SSSR count). The number of aromatic nitrogens is 3. The summed E-state index contributed by atoms with van der Waals surface area (Å²) in [5.41, 5.74) is 3.89. The molecule has 2 heterocycles. The van der Waals surface area contributed by atoms with E-state index in [0.717, 1.165) is 27.8 Å². The Morgan fingerprint density at radius 2 is 1.74 bits per heavy atom. The summed E-state index contributed by atoms with van der Waals surface area (Å²) < 4.78 is 7.25. The maximum atomic E-state index is 13.4. The fraction of sp³-hybridized carbons (Fsp3) is 0.107. The quantitative estimate of drug-likeness (QED) is 0.289. The van der Waals surface area contributed by atoms with Crippen LogP contribution < -0.4 is 10.1 Å². The largest absolute Gasteiger partial charge is 0.494 e. The highest BCUT2D eigenvalue weighted by molar-refractivity contribution is 6.33. The molecule has 0 saturated heterocycles. The first-order valence-corrected chi connectivity index (χ1v) is 11.7. The number of rotatable bonds is 7. The van der Waals surface area contributed by atoms with Crippen molar-refractivity contribution in [1.82, 2.24) is 14.8 Å². The van der Waals surface area contributed by atoms with Gasteiger partial charge in [0, 0.05) is 17.1 Å². The number of nitrogens with one attached hydrogen (secondary N) is 1. The van der Waals surface area contributed by atoms with Crippen LogP contribution in [-0.2, 0) is 6.54 Å². The predicted molar refractivity (Wildman–Crippen MR) is 139 cm³/mol. The topological polar surface area (TPSA) is 69.0 Å². The number of hydrogen-bond donors (Lipinski definition) is 1. The van der Waals surface area contributed by atoms with Gasteiger partial charge in [-0.25, -0.2) is 4.98 Å². The second-order valence-corrected chi connectivity index (χ2v) is 8.40. The molecular weight excluding hydrogens is 460 g/mol. The third-order valence-corrected chi connectivity index (χ3v) is 5.83. The van der Waals surface area contributed by atoms with Crippen molar-refractivity contribution < 1.29 is 9.53 Å². The number of amides is 1. The molecule has 3 aromatic carbocycles. The number of halogens is 1. The van der Waals surface area contributed by atoms with Gasteiger partial charge in [0.1, 0.15) is 10.8 Å². The molecule has 0 aliphatic carbocycles. The van der Waals surface area contributed by atoms with Crippen LogP contribution in [0, 0.1) is 0 Å². The van der Waals surface area contributed by atoms with Crippen LogP contribution in [0.1, 0.15) is 22.8 Å². The van der Waals surface area contributed by atoms with Gasteiger partial charge in [-0.2, -0.15) is 5.10 Å². The van der Waals surface area contributed by atoms with E-state index in [9.17, 15) is 4.79 Å². The molecule has 0 radical (unpaired) electrons. The molecule has 35 heavy (non-hydrogen) atoms. The number of carbonyl (C=O) groups excluding carboxylic acids is 1. The van der Waals surface area contributed by atoms with Crippen molar-refractivity contribution in [2.75, 3.05) is 11.9 Å². The molecule has 0 atom stereocenters. The summed E-state index contributed by atoms with van der Waals surface area (Å²) in [6, 6.07) is 27.0. The normalized spacial score (nSPS) is 10.9. The second kappa shape index (κ2) is 9.99.